The second-order valence-corrected chi connectivity index (χ2v) is 3.44. The number of ketones is 1. The van der Waals surface area contributed by atoms with Gasteiger partial charge in [0.25, 0.3) is 0 Å². The number of rotatable bonds is 1. The Morgan fingerprint density at radius 1 is 1.38 bits per heavy atom. The summed E-state index contributed by atoms with van der Waals surface area (Å²) in [4.78, 5) is 10.5. The first-order chi connectivity index (χ1) is 3.42. The predicted molar refractivity (Wildman–Crippen MR) is 34.8 cm³/mol. The molecule has 48 valence electrons. The molecule has 0 amide bonds. The van der Waals surface area contributed by atoms with Gasteiger partial charge in [0.1, 0.15) is 5.78 Å². The van der Waals surface area contributed by atoms with Crippen molar-refractivity contribution in [1.29, 1.82) is 0 Å². The molecule has 0 bridgehead atoms. The molecule has 0 aromatic heterocycles. The molecule has 0 unspecified atom stereocenters. The molecule has 0 aliphatic heterocycles. The fourth-order valence-electron chi connectivity index (χ4n) is 0.747. The van der Waals surface area contributed by atoms with Crippen LogP contribution in [0.15, 0.2) is 0 Å². The molecular weight excluding hydrogens is 100 g/mol. The van der Waals surface area contributed by atoms with Crippen LogP contribution in [0.3, 0.4) is 0 Å². The third-order valence-corrected chi connectivity index (χ3v) is 0.779. The van der Waals surface area contributed by atoms with Crippen molar-refractivity contribution in [2.24, 2.45) is 5.41 Å². The van der Waals surface area contributed by atoms with Crippen molar-refractivity contribution in [3.8, 4) is 0 Å². The van der Waals surface area contributed by atoms with Crippen molar-refractivity contribution in [1.82, 2.24) is 0 Å². The number of carbonyl (C=O) groups excluding carboxylic acids is 1. The zero-order valence-corrected chi connectivity index (χ0v) is 6.12. The van der Waals surface area contributed by atoms with Crippen molar-refractivity contribution in [3.63, 3.8) is 0 Å². The first kappa shape index (κ1) is 7.67. The lowest BCUT2D eigenvalue weighted by Gasteiger charge is -2.14. The van der Waals surface area contributed by atoms with Crippen molar-refractivity contribution in [2.75, 3.05) is 0 Å². The van der Waals surface area contributed by atoms with E-state index in [1.165, 1.54) is 0 Å². The highest BCUT2D eigenvalue weighted by Gasteiger charge is 2.11. The fraction of sp³-hybridized carbons (Fsp3) is 0.857. The molecule has 0 aliphatic carbocycles. The van der Waals surface area contributed by atoms with Crippen LogP contribution in [-0.2, 0) is 4.79 Å². The van der Waals surface area contributed by atoms with E-state index in [0.717, 1.165) is 0 Å². The monoisotopic (exact) mass is 114 g/mol. The van der Waals surface area contributed by atoms with Gasteiger partial charge in [-0.05, 0) is 12.3 Å². The first-order valence-corrected chi connectivity index (χ1v) is 2.91. The van der Waals surface area contributed by atoms with E-state index in [1.54, 1.807) is 6.92 Å². The third kappa shape index (κ3) is 5.67. The van der Waals surface area contributed by atoms with E-state index in [-0.39, 0.29) is 11.2 Å². The molecule has 0 rings (SSSR count). The number of Topliss-reactive ketones (excluding diaryl/α,β-unsaturated/α-hetero) is 1. The number of hydrogen-bond acceptors (Lipinski definition) is 1. The maximum Gasteiger partial charge on any atom is 0.130 e. The summed E-state index contributed by atoms with van der Waals surface area (Å²) in [6.07, 6.45) is 0.687. The van der Waals surface area contributed by atoms with Crippen LogP contribution in [0.2, 0.25) is 0 Å². The third-order valence-electron chi connectivity index (χ3n) is 0.779. The molecule has 0 radical (unpaired) electrons. The minimum atomic E-state index is 0.172. The Kier molecular flexibility index (Phi) is 2.20. The van der Waals surface area contributed by atoms with E-state index in [2.05, 4.69) is 20.8 Å². The summed E-state index contributed by atoms with van der Waals surface area (Å²) in [5, 5.41) is 0. The molecule has 0 fully saturated rings. The standard InChI is InChI=1S/C7H14O/c1-6(8)5-7(2,3)4/h5H2,1-4H3. The van der Waals surface area contributed by atoms with Crippen LogP contribution in [0.5, 0.6) is 0 Å². The Labute approximate surface area is 51.1 Å². The fourth-order valence-corrected chi connectivity index (χ4v) is 0.747. The highest BCUT2D eigenvalue weighted by atomic mass is 16.1. The van der Waals surface area contributed by atoms with Crippen molar-refractivity contribution in [2.45, 2.75) is 34.1 Å². The summed E-state index contributed by atoms with van der Waals surface area (Å²) < 4.78 is 0. The number of hydrogen-bond donors (Lipinski definition) is 0. The first-order valence-electron chi connectivity index (χ1n) is 2.91. The molecule has 1 nitrogen and oxygen atoms in total. The maximum atomic E-state index is 10.5. The van der Waals surface area contributed by atoms with Crippen LogP contribution < -0.4 is 0 Å². The van der Waals surface area contributed by atoms with Gasteiger partial charge in [-0.3, -0.25) is 0 Å². The Morgan fingerprint density at radius 2 is 1.75 bits per heavy atom. The zero-order valence-electron chi connectivity index (χ0n) is 6.12. The Hall–Kier alpha value is -0.330. The van der Waals surface area contributed by atoms with E-state index < -0.39 is 0 Å². The molecule has 0 aromatic rings. The molecule has 0 N–H and O–H groups in total. The van der Waals surface area contributed by atoms with Gasteiger partial charge < -0.3 is 4.79 Å². The molecule has 0 heterocycles. The Morgan fingerprint density at radius 3 is 1.75 bits per heavy atom. The van der Waals surface area contributed by atoms with Crippen molar-refractivity contribution >= 4 is 5.78 Å². The summed E-state index contributed by atoms with van der Waals surface area (Å²) in [5.41, 5.74) is 0.172. The van der Waals surface area contributed by atoms with Crippen LogP contribution in [0.4, 0.5) is 0 Å². The zero-order chi connectivity index (χ0) is 6.78. The van der Waals surface area contributed by atoms with Gasteiger partial charge in [0.2, 0.25) is 0 Å². The summed E-state index contributed by atoms with van der Waals surface area (Å²) in [5.74, 6) is 0.275. The predicted octanol–water partition coefficient (Wildman–Crippen LogP) is 2.01. The molecule has 0 atom stereocenters. The number of carbonyl (C=O) groups is 1. The Balaban J connectivity index is 3.55. The highest BCUT2D eigenvalue weighted by Crippen LogP contribution is 2.17. The van der Waals surface area contributed by atoms with E-state index >= 15 is 0 Å². The average molecular weight is 114 g/mol. The van der Waals surface area contributed by atoms with Gasteiger partial charge in [0.05, 0.1) is 0 Å². The van der Waals surface area contributed by atoms with Gasteiger partial charge in [0.15, 0.2) is 0 Å². The molecule has 0 saturated carbocycles. The van der Waals surface area contributed by atoms with Crippen molar-refractivity contribution in [3.05, 3.63) is 0 Å². The van der Waals surface area contributed by atoms with Crippen molar-refractivity contribution < 1.29 is 4.79 Å². The largest absolute Gasteiger partial charge is 0.300 e. The minimum absolute atomic E-state index is 0.172. The van der Waals surface area contributed by atoms with Crippen LogP contribution in [0, 0.1) is 5.41 Å². The second-order valence-electron chi connectivity index (χ2n) is 3.44. The highest BCUT2D eigenvalue weighted by molar-refractivity contribution is 5.76. The lowest BCUT2D eigenvalue weighted by atomic mass is 9.91. The second kappa shape index (κ2) is 2.29. The summed E-state index contributed by atoms with van der Waals surface area (Å²) in [6, 6.07) is 0. The topological polar surface area (TPSA) is 17.1 Å². The molecule has 1 heteroatoms. The molecule has 8 heavy (non-hydrogen) atoms. The van der Waals surface area contributed by atoms with Gasteiger partial charge in [-0.1, -0.05) is 20.8 Å². The molecular formula is C7H14O. The molecule has 0 aromatic carbocycles. The lowest BCUT2D eigenvalue weighted by Crippen LogP contribution is -2.09. The molecule has 0 spiro atoms. The van der Waals surface area contributed by atoms with E-state index in [4.69, 9.17) is 0 Å². The molecule has 0 saturated heterocycles. The van der Waals surface area contributed by atoms with Gasteiger partial charge in [0, 0.05) is 6.42 Å². The maximum absolute atomic E-state index is 10.5. The minimum Gasteiger partial charge on any atom is -0.300 e. The van der Waals surface area contributed by atoms with Crippen LogP contribution in [-0.4, -0.2) is 5.78 Å². The van der Waals surface area contributed by atoms with Crippen LogP contribution >= 0.6 is 0 Å². The van der Waals surface area contributed by atoms with E-state index in [1.807, 2.05) is 0 Å². The van der Waals surface area contributed by atoms with E-state index in [9.17, 15) is 4.79 Å². The van der Waals surface area contributed by atoms with Gasteiger partial charge in [-0.15, -0.1) is 0 Å². The van der Waals surface area contributed by atoms with Gasteiger partial charge in [-0.25, -0.2) is 0 Å². The van der Waals surface area contributed by atoms with Crippen LogP contribution in [0.1, 0.15) is 34.1 Å². The normalized spacial score (nSPS) is 11.5. The molecule has 0 aliphatic rings. The average Bonchev–Trinajstić information content (AvgIpc) is 1.21. The van der Waals surface area contributed by atoms with Gasteiger partial charge >= 0.3 is 0 Å². The van der Waals surface area contributed by atoms with Crippen LogP contribution in [0.25, 0.3) is 0 Å². The smallest absolute Gasteiger partial charge is 0.130 e. The summed E-state index contributed by atoms with van der Waals surface area (Å²) >= 11 is 0. The van der Waals surface area contributed by atoms with E-state index in [0.29, 0.717) is 6.42 Å². The van der Waals surface area contributed by atoms with Gasteiger partial charge in [-0.2, -0.15) is 0 Å². The quantitative estimate of drug-likeness (QED) is 0.509. The Bertz CT molecular complexity index is 87.1. The SMILES string of the molecule is CC(=O)CC(C)(C)C. The lowest BCUT2D eigenvalue weighted by molar-refractivity contribution is -0.118. The summed E-state index contributed by atoms with van der Waals surface area (Å²) in [6.45, 7) is 7.82. The summed E-state index contributed by atoms with van der Waals surface area (Å²) in [7, 11) is 0.